The number of carbonyl (C=O) groups excluding carboxylic acids is 1. The van der Waals surface area contributed by atoms with E-state index in [1.807, 2.05) is 43.3 Å². The molecule has 7 heteroatoms. The zero-order chi connectivity index (χ0) is 13.7. The number of hydrazone groups is 1. The summed E-state index contributed by atoms with van der Waals surface area (Å²) in [5, 5.41) is 6.79. The zero-order valence-electron chi connectivity index (χ0n) is 11.0. The van der Waals surface area contributed by atoms with Crippen LogP contribution in [0.3, 0.4) is 0 Å². The Morgan fingerprint density at radius 1 is 1.37 bits per heavy atom. The second-order valence-electron chi connectivity index (χ2n) is 4.41. The van der Waals surface area contributed by atoms with Crippen molar-refractivity contribution in [2.24, 2.45) is 5.10 Å². The first kappa shape index (κ1) is 13.2. The predicted molar refractivity (Wildman–Crippen MR) is 75.0 cm³/mol. The molecule has 7 nitrogen and oxygen atoms in total. The SMILES string of the molecule is CN(C)c1ccc(/C=N/NC2CNNC(=O)N2)cc1. The van der Waals surface area contributed by atoms with E-state index in [9.17, 15) is 4.79 Å². The summed E-state index contributed by atoms with van der Waals surface area (Å²) >= 11 is 0. The molecule has 0 aliphatic carbocycles. The van der Waals surface area contributed by atoms with Crippen LogP contribution < -0.4 is 26.5 Å². The Bertz CT molecular complexity index is 456. The van der Waals surface area contributed by atoms with E-state index < -0.39 is 0 Å². The molecule has 1 saturated heterocycles. The van der Waals surface area contributed by atoms with E-state index in [0.29, 0.717) is 6.54 Å². The van der Waals surface area contributed by atoms with E-state index in [1.54, 1.807) is 6.21 Å². The van der Waals surface area contributed by atoms with Crippen molar-refractivity contribution in [2.45, 2.75) is 6.17 Å². The number of anilines is 1. The minimum atomic E-state index is -0.269. The monoisotopic (exact) mass is 262 g/mol. The standard InChI is InChI=1S/C12H18N6O/c1-18(2)10-5-3-9(4-6-10)7-13-16-11-8-14-17-12(19)15-11/h3-7,11,14,16H,8H2,1-2H3,(H2,15,17,19)/b13-7+. The lowest BCUT2D eigenvalue weighted by Crippen LogP contribution is -2.62. The first-order valence-electron chi connectivity index (χ1n) is 6.00. The van der Waals surface area contributed by atoms with E-state index in [1.165, 1.54) is 0 Å². The molecule has 1 aliphatic heterocycles. The fourth-order valence-corrected chi connectivity index (χ4v) is 1.62. The maximum Gasteiger partial charge on any atom is 0.330 e. The van der Waals surface area contributed by atoms with Gasteiger partial charge in [-0.25, -0.2) is 10.2 Å². The summed E-state index contributed by atoms with van der Waals surface area (Å²) in [6.45, 7) is 0.558. The fraction of sp³-hybridized carbons (Fsp3) is 0.333. The molecule has 1 fully saturated rings. The van der Waals surface area contributed by atoms with Gasteiger partial charge in [0.15, 0.2) is 0 Å². The molecule has 0 bridgehead atoms. The van der Waals surface area contributed by atoms with Crippen molar-refractivity contribution in [2.75, 3.05) is 25.5 Å². The Labute approximate surface area is 112 Å². The van der Waals surface area contributed by atoms with Crippen LogP contribution in [0.15, 0.2) is 29.4 Å². The van der Waals surface area contributed by atoms with Gasteiger partial charge in [-0.3, -0.25) is 10.9 Å². The number of nitrogens with one attached hydrogen (secondary N) is 4. The van der Waals surface area contributed by atoms with Crippen LogP contribution in [-0.2, 0) is 0 Å². The van der Waals surface area contributed by atoms with Crippen molar-refractivity contribution in [1.82, 2.24) is 21.6 Å². The van der Waals surface area contributed by atoms with Gasteiger partial charge >= 0.3 is 6.03 Å². The Kier molecular flexibility index (Phi) is 4.19. The summed E-state index contributed by atoms with van der Waals surface area (Å²) in [6, 6.07) is 7.75. The van der Waals surface area contributed by atoms with Gasteiger partial charge in [0.25, 0.3) is 0 Å². The van der Waals surface area contributed by atoms with Gasteiger partial charge < -0.3 is 10.2 Å². The molecule has 4 N–H and O–H groups in total. The molecule has 2 rings (SSSR count). The van der Waals surface area contributed by atoms with Crippen LogP contribution in [0, 0.1) is 0 Å². The van der Waals surface area contributed by atoms with Gasteiger partial charge in [-0.05, 0) is 17.7 Å². The summed E-state index contributed by atoms with van der Waals surface area (Å²) in [6.07, 6.45) is 1.50. The van der Waals surface area contributed by atoms with Crippen LogP contribution >= 0.6 is 0 Å². The second kappa shape index (κ2) is 6.05. The Balaban J connectivity index is 1.86. The third-order valence-electron chi connectivity index (χ3n) is 2.67. The van der Waals surface area contributed by atoms with Crippen LogP contribution in [0.4, 0.5) is 10.5 Å². The van der Waals surface area contributed by atoms with Crippen LogP contribution in [0.1, 0.15) is 5.56 Å². The molecular weight excluding hydrogens is 244 g/mol. The van der Waals surface area contributed by atoms with Crippen molar-refractivity contribution >= 4 is 17.9 Å². The van der Waals surface area contributed by atoms with E-state index in [4.69, 9.17) is 0 Å². The van der Waals surface area contributed by atoms with Gasteiger partial charge in [0, 0.05) is 19.8 Å². The van der Waals surface area contributed by atoms with Gasteiger partial charge in [-0.2, -0.15) is 5.10 Å². The van der Waals surface area contributed by atoms with Crippen LogP contribution in [0.2, 0.25) is 0 Å². The fourth-order valence-electron chi connectivity index (χ4n) is 1.62. The highest BCUT2D eigenvalue weighted by Gasteiger charge is 2.15. The predicted octanol–water partition coefficient (Wildman–Crippen LogP) is -0.180. The molecule has 1 atom stereocenters. The molecule has 0 spiro atoms. The lowest BCUT2D eigenvalue weighted by Gasteiger charge is -2.24. The molecule has 1 aromatic rings. The van der Waals surface area contributed by atoms with Crippen LogP contribution in [0.5, 0.6) is 0 Å². The normalized spacial score (nSPS) is 18.8. The average Bonchev–Trinajstić information content (AvgIpc) is 2.39. The van der Waals surface area contributed by atoms with E-state index in [-0.39, 0.29) is 12.2 Å². The first-order valence-corrected chi connectivity index (χ1v) is 6.00. The quantitative estimate of drug-likeness (QED) is 0.448. The van der Waals surface area contributed by atoms with Crippen LogP contribution in [0.25, 0.3) is 0 Å². The van der Waals surface area contributed by atoms with Crippen LogP contribution in [-0.4, -0.2) is 39.1 Å². The van der Waals surface area contributed by atoms with Crippen molar-refractivity contribution in [3.05, 3.63) is 29.8 Å². The summed E-state index contributed by atoms with van der Waals surface area (Å²) in [5.41, 5.74) is 10.2. The van der Waals surface area contributed by atoms with Crippen molar-refractivity contribution in [3.8, 4) is 0 Å². The number of benzene rings is 1. The lowest BCUT2D eigenvalue weighted by molar-refractivity contribution is 0.217. The molecule has 1 unspecified atom stereocenters. The lowest BCUT2D eigenvalue weighted by atomic mass is 10.2. The van der Waals surface area contributed by atoms with Crippen molar-refractivity contribution in [3.63, 3.8) is 0 Å². The minimum absolute atomic E-state index is 0.217. The topological polar surface area (TPSA) is 80.8 Å². The van der Waals surface area contributed by atoms with Crippen molar-refractivity contribution < 1.29 is 4.79 Å². The maximum atomic E-state index is 11.0. The molecule has 1 aliphatic rings. The van der Waals surface area contributed by atoms with Gasteiger partial charge in [0.05, 0.1) is 12.8 Å². The first-order chi connectivity index (χ1) is 9.15. The number of rotatable bonds is 4. The Morgan fingerprint density at radius 2 is 2.11 bits per heavy atom. The molecular formula is C12H18N6O. The number of urea groups is 1. The summed E-state index contributed by atoms with van der Waals surface area (Å²) in [4.78, 5) is 13.1. The molecule has 1 aromatic carbocycles. The number of hydrazine groups is 1. The van der Waals surface area contributed by atoms with E-state index in [0.717, 1.165) is 11.3 Å². The van der Waals surface area contributed by atoms with E-state index >= 15 is 0 Å². The minimum Gasteiger partial charge on any atom is -0.378 e. The molecule has 0 saturated carbocycles. The molecule has 102 valence electrons. The van der Waals surface area contributed by atoms with E-state index in [2.05, 4.69) is 26.7 Å². The molecule has 2 amide bonds. The molecule has 0 aromatic heterocycles. The third kappa shape index (κ3) is 3.85. The third-order valence-corrected chi connectivity index (χ3v) is 2.67. The molecule has 1 heterocycles. The Morgan fingerprint density at radius 3 is 2.74 bits per heavy atom. The Hall–Kier alpha value is -2.28. The summed E-state index contributed by atoms with van der Waals surface area (Å²) < 4.78 is 0. The number of hydrogen-bond donors (Lipinski definition) is 4. The highest BCUT2D eigenvalue weighted by molar-refractivity contribution is 5.80. The zero-order valence-corrected chi connectivity index (χ0v) is 11.0. The molecule has 0 radical (unpaired) electrons. The summed E-state index contributed by atoms with van der Waals surface area (Å²) in [7, 11) is 3.99. The van der Waals surface area contributed by atoms with Gasteiger partial charge in [0.1, 0.15) is 6.17 Å². The second-order valence-corrected chi connectivity index (χ2v) is 4.41. The largest absolute Gasteiger partial charge is 0.378 e. The highest BCUT2D eigenvalue weighted by Crippen LogP contribution is 2.10. The van der Waals surface area contributed by atoms with Gasteiger partial charge in [-0.15, -0.1) is 0 Å². The van der Waals surface area contributed by atoms with Gasteiger partial charge in [-0.1, -0.05) is 12.1 Å². The number of carbonyl (C=O) groups is 1. The van der Waals surface area contributed by atoms with Gasteiger partial charge in [0.2, 0.25) is 0 Å². The molecule has 19 heavy (non-hydrogen) atoms. The maximum absolute atomic E-state index is 11.0. The average molecular weight is 262 g/mol. The number of hydrogen-bond acceptors (Lipinski definition) is 5. The number of nitrogens with zero attached hydrogens (tertiary/aromatic N) is 2. The van der Waals surface area contributed by atoms with Crippen molar-refractivity contribution in [1.29, 1.82) is 0 Å². The number of amides is 2. The highest BCUT2D eigenvalue weighted by atomic mass is 16.2. The smallest absolute Gasteiger partial charge is 0.330 e. The summed E-state index contributed by atoms with van der Waals surface area (Å²) in [5.74, 6) is 0.